The largest absolute Gasteiger partial charge is 3.00 e. The average molecular weight is 613 g/mol. The zero-order valence-electron chi connectivity index (χ0n) is 25.6. The van der Waals surface area contributed by atoms with Crippen LogP contribution in [0.25, 0.3) is 0 Å². The Morgan fingerprint density at radius 2 is 1.08 bits per heavy atom. The van der Waals surface area contributed by atoms with E-state index in [1.54, 1.807) is 0 Å². The zero-order chi connectivity index (χ0) is 28.8. The zero-order valence-corrected chi connectivity index (χ0v) is 29.8. The summed E-state index contributed by atoms with van der Waals surface area (Å²) >= 11 is 9.62. The summed E-state index contributed by atoms with van der Waals surface area (Å²) in [7, 11) is -1.79. The quantitative estimate of drug-likeness (QED) is 0.230. The molecule has 0 aliphatic heterocycles. The van der Waals surface area contributed by atoms with Crippen molar-refractivity contribution >= 4 is 38.5 Å². The van der Waals surface area contributed by atoms with E-state index in [2.05, 4.69) is 80.6 Å². The van der Waals surface area contributed by atoms with Gasteiger partial charge in [-0.15, -0.1) is 0 Å². The molecule has 39 heavy (non-hydrogen) atoms. The van der Waals surface area contributed by atoms with Gasteiger partial charge in [0.1, 0.15) is 5.75 Å². The van der Waals surface area contributed by atoms with Crippen LogP contribution >= 0.6 is 0 Å². The number of aryl methyl sites for hydroxylation is 1. The van der Waals surface area contributed by atoms with Gasteiger partial charge in [0, 0.05) is 0 Å². The molecule has 0 heterocycles. The fraction of sp³-hybridized carbons (Fsp3) is 0.471. The summed E-state index contributed by atoms with van der Waals surface area (Å²) in [4.78, 5) is 1.81. The van der Waals surface area contributed by atoms with Gasteiger partial charge in [-0.1, -0.05) is 140 Å². The molecule has 3 aromatic rings. The number of benzene rings is 3. The molecule has 0 spiro atoms. The Morgan fingerprint density at radius 1 is 0.692 bits per heavy atom. The molecule has 1 nitrogen and oxygen atoms in total. The van der Waals surface area contributed by atoms with Gasteiger partial charge >= 0.3 is 21.7 Å². The van der Waals surface area contributed by atoms with E-state index in [1.807, 2.05) is 60.7 Å². The third-order valence-corrected chi connectivity index (χ3v) is 13.7. The van der Waals surface area contributed by atoms with Crippen molar-refractivity contribution < 1.29 is 26.8 Å². The standard InChI is InChI=1S/C22H38OSi.2C6H6S.Ti/c1-13-11-18(22(6,7)8)20(23)19(12-13)24(9,10)21-16(4)14(2)15(3)17(21)5;2*7-6-4-2-1-3-5-6;/h11-12,14-17,21,23H,1-10H3;2*1-5,7H;/q;;;+3/p-2. The maximum Gasteiger partial charge on any atom is 3.00 e. The van der Waals surface area contributed by atoms with Crippen molar-refractivity contribution in [2.24, 2.45) is 23.7 Å². The van der Waals surface area contributed by atoms with Gasteiger partial charge in [0.05, 0.1) is 8.07 Å². The van der Waals surface area contributed by atoms with Gasteiger partial charge in [0.2, 0.25) is 0 Å². The van der Waals surface area contributed by atoms with E-state index in [0.29, 0.717) is 5.75 Å². The van der Waals surface area contributed by atoms with Crippen molar-refractivity contribution in [1.29, 1.82) is 0 Å². The van der Waals surface area contributed by atoms with Crippen LogP contribution in [0.2, 0.25) is 18.6 Å². The van der Waals surface area contributed by atoms with Crippen molar-refractivity contribution in [3.8, 4) is 5.75 Å². The summed E-state index contributed by atoms with van der Waals surface area (Å²) in [6.45, 7) is 23.5. The van der Waals surface area contributed by atoms with E-state index in [4.69, 9.17) is 25.3 Å². The molecular weight excluding hydrogens is 564 g/mol. The Kier molecular flexibility index (Phi) is 13.9. The topological polar surface area (TPSA) is 20.2 Å². The van der Waals surface area contributed by atoms with Crippen LogP contribution in [0.4, 0.5) is 0 Å². The van der Waals surface area contributed by atoms with E-state index < -0.39 is 8.07 Å². The van der Waals surface area contributed by atoms with E-state index >= 15 is 0 Å². The van der Waals surface area contributed by atoms with Crippen LogP contribution in [0.5, 0.6) is 5.75 Å². The second-order valence-corrected chi connectivity index (χ2v) is 18.4. The summed E-state index contributed by atoms with van der Waals surface area (Å²) < 4.78 is 0. The molecule has 4 atom stereocenters. The van der Waals surface area contributed by atoms with Crippen LogP contribution in [0.3, 0.4) is 0 Å². The first kappa shape index (κ1) is 35.9. The molecule has 1 N–H and O–H groups in total. The minimum Gasteiger partial charge on any atom is -0.780 e. The number of hydrogen-bond acceptors (Lipinski definition) is 3. The average Bonchev–Trinajstić information content (AvgIpc) is 3.04. The normalized spacial score (nSPS) is 22.5. The van der Waals surface area contributed by atoms with Gasteiger partial charge in [0.15, 0.2) is 0 Å². The first-order valence-corrected chi connectivity index (χ1v) is 17.8. The molecule has 4 unspecified atom stereocenters. The van der Waals surface area contributed by atoms with Gasteiger partial charge in [0.25, 0.3) is 0 Å². The molecule has 1 aliphatic rings. The van der Waals surface area contributed by atoms with Gasteiger partial charge in [-0.3, -0.25) is 0 Å². The molecule has 1 saturated carbocycles. The second kappa shape index (κ2) is 15.2. The third kappa shape index (κ3) is 9.43. The number of phenolic OH excluding ortho intramolecular Hbond substituents is 1. The molecule has 1 fully saturated rings. The molecule has 0 saturated heterocycles. The fourth-order valence-corrected chi connectivity index (χ4v) is 11.5. The molecule has 5 heteroatoms. The summed E-state index contributed by atoms with van der Waals surface area (Å²) in [5.74, 6) is 3.58. The molecule has 0 bridgehead atoms. The summed E-state index contributed by atoms with van der Waals surface area (Å²) in [5, 5.41) is 12.5. The predicted molar refractivity (Wildman–Crippen MR) is 173 cm³/mol. The first-order valence-electron chi connectivity index (χ1n) is 13.9. The van der Waals surface area contributed by atoms with Crippen molar-refractivity contribution in [2.75, 3.05) is 0 Å². The molecule has 1 aliphatic carbocycles. The Bertz CT molecular complexity index is 1090. The predicted octanol–water partition coefficient (Wildman–Crippen LogP) is 9.02. The number of rotatable bonds is 2. The van der Waals surface area contributed by atoms with Crippen LogP contribution in [0.1, 0.15) is 59.6 Å². The molecule has 1 radical (unpaired) electrons. The molecule has 0 amide bonds. The SMILES string of the molecule is Cc1cc(C(C)(C)C)c(O)c([Si](C)(C)C2C(C)C(C)C(C)C2C)c1.[S-]c1ccccc1.[S-]c1ccccc1.[Ti+3]. The van der Waals surface area contributed by atoms with Crippen LogP contribution in [-0.2, 0) is 52.4 Å². The Hall–Kier alpha value is -1.17. The minimum absolute atomic E-state index is 0. The van der Waals surface area contributed by atoms with Gasteiger partial charge in [-0.25, -0.2) is 0 Å². The Balaban J connectivity index is 0.000000410. The van der Waals surface area contributed by atoms with E-state index in [0.717, 1.165) is 44.6 Å². The monoisotopic (exact) mass is 612 g/mol. The number of hydrogen-bond donors (Lipinski definition) is 1. The Morgan fingerprint density at radius 3 is 1.38 bits per heavy atom. The van der Waals surface area contributed by atoms with Gasteiger partial charge in [-0.2, -0.15) is 9.79 Å². The van der Waals surface area contributed by atoms with Gasteiger partial charge in [-0.05, 0) is 52.3 Å². The summed E-state index contributed by atoms with van der Waals surface area (Å²) in [5.41, 5.74) is 3.09. The van der Waals surface area contributed by atoms with E-state index in [1.165, 1.54) is 10.8 Å². The minimum atomic E-state index is -1.79. The molecule has 0 aromatic heterocycles. The second-order valence-electron chi connectivity index (χ2n) is 12.8. The molecular formula is C34H48OS2SiTi+. The summed E-state index contributed by atoms with van der Waals surface area (Å²) in [6, 6.07) is 23.7. The summed E-state index contributed by atoms with van der Waals surface area (Å²) in [6.07, 6.45) is 0. The molecule has 209 valence electrons. The fourth-order valence-electron chi connectivity index (χ4n) is 6.27. The number of phenols is 1. The van der Waals surface area contributed by atoms with Gasteiger partial charge < -0.3 is 30.4 Å². The maximum atomic E-state index is 11.2. The first-order chi connectivity index (χ1) is 17.6. The van der Waals surface area contributed by atoms with Crippen molar-refractivity contribution in [2.45, 2.75) is 89.2 Å². The van der Waals surface area contributed by atoms with Crippen molar-refractivity contribution in [3.63, 3.8) is 0 Å². The van der Waals surface area contributed by atoms with Crippen LogP contribution in [-0.4, -0.2) is 13.2 Å². The van der Waals surface area contributed by atoms with Crippen LogP contribution in [0, 0.1) is 30.6 Å². The smallest absolute Gasteiger partial charge is 0.780 e. The van der Waals surface area contributed by atoms with Crippen molar-refractivity contribution in [3.05, 3.63) is 83.9 Å². The van der Waals surface area contributed by atoms with E-state index in [9.17, 15) is 5.11 Å². The third-order valence-electron chi connectivity index (χ3n) is 8.70. The molecule has 4 rings (SSSR count). The maximum absolute atomic E-state index is 11.2. The Labute approximate surface area is 266 Å². The van der Waals surface area contributed by atoms with Crippen molar-refractivity contribution in [1.82, 2.24) is 0 Å². The van der Waals surface area contributed by atoms with Crippen LogP contribution in [0.15, 0.2) is 82.6 Å². The van der Waals surface area contributed by atoms with E-state index in [-0.39, 0.29) is 27.1 Å². The van der Waals surface area contributed by atoms with Crippen LogP contribution < -0.4 is 5.19 Å². The number of aromatic hydroxyl groups is 1. The molecule has 3 aromatic carbocycles.